The number of benzene rings is 1. The SMILES string of the molecule is O=C(CC(S)S)c1ccccc1. The van der Waals surface area contributed by atoms with Crippen LogP contribution in [-0.4, -0.2) is 10.4 Å². The van der Waals surface area contributed by atoms with Gasteiger partial charge in [0.2, 0.25) is 0 Å². The average molecular weight is 198 g/mol. The van der Waals surface area contributed by atoms with Gasteiger partial charge in [-0.1, -0.05) is 30.3 Å². The zero-order valence-corrected chi connectivity index (χ0v) is 8.26. The van der Waals surface area contributed by atoms with Crippen LogP contribution >= 0.6 is 25.3 Å². The number of hydrogen-bond donors (Lipinski definition) is 2. The Kier molecular flexibility index (Phi) is 3.69. The van der Waals surface area contributed by atoms with Gasteiger partial charge in [-0.15, -0.1) is 0 Å². The molecule has 0 fully saturated rings. The molecule has 0 aromatic heterocycles. The molecule has 1 aromatic rings. The van der Waals surface area contributed by atoms with Crippen LogP contribution in [0.25, 0.3) is 0 Å². The Bertz CT molecular complexity index is 256. The van der Waals surface area contributed by atoms with Crippen LogP contribution in [0.5, 0.6) is 0 Å². The lowest BCUT2D eigenvalue weighted by atomic mass is 10.1. The molecule has 0 radical (unpaired) electrons. The van der Waals surface area contributed by atoms with Gasteiger partial charge in [0.15, 0.2) is 5.78 Å². The van der Waals surface area contributed by atoms with E-state index in [0.717, 1.165) is 5.56 Å². The molecule has 0 bridgehead atoms. The molecule has 0 aliphatic heterocycles. The zero-order chi connectivity index (χ0) is 8.97. The van der Waals surface area contributed by atoms with Crippen molar-refractivity contribution in [2.75, 3.05) is 0 Å². The molecule has 0 spiro atoms. The minimum Gasteiger partial charge on any atom is -0.294 e. The van der Waals surface area contributed by atoms with E-state index in [1.807, 2.05) is 18.2 Å². The standard InChI is InChI=1S/C9H10OS2/c10-8(6-9(11)12)7-4-2-1-3-5-7/h1-5,9,11-12H,6H2. The van der Waals surface area contributed by atoms with Gasteiger partial charge in [0, 0.05) is 12.0 Å². The number of thiol groups is 2. The van der Waals surface area contributed by atoms with Crippen LogP contribution in [0.1, 0.15) is 16.8 Å². The summed E-state index contributed by atoms with van der Waals surface area (Å²) in [6, 6.07) is 9.17. The van der Waals surface area contributed by atoms with Crippen molar-refractivity contribution in [3.63, 3.8) is 0 Å². The minimum absolute atomic E-state index is 0.0885. The molecule has 0 atom stereocenters. The number of carbonyl (C=O) groups is 1. The third kappa shape index (κ3) is 2.91. The topological polar surface area (TPSA) is 17.1 Å². The van der Waals surface area contributed by atoms with Crippen LogP contribution in [0, 0.1) is 0 Å². The maximum absolute atomic E-state index is 11.4. The Hall–Kier alpha value is -0.410. The Balaban J connectivity index is 2.66. The van der Waals surface area contributed by atoms with E-state index in [9.17, 15) is 4.79 Å². The third-order valence-corrected chi connectivity index (χ3v) is 1.83. The molecular formula is C9H10OS2. The number of hydrogen-bond acceptors (Lipinski definition) is 3. The van der Waals surface area contributed by atoms with E-state index in [2.05, 4.69) is 25.3 Å². The highest BCUT2D eigenvalue weighted by Gasteiger charge is 2.07. The molecule has 0 aliphatic carbocycles. The van der Waals surface area contributed by atoms with Gasteiger partial charge < -0.3 is 0 Å². The first-order chi connectivity index (χ1) is 5.70. The molecule has 0 amide bonds. The molecule has 0 heterocycles. The fourth-order valence-electron chi connectivity index (χ4n) is 0.908. The average Bonchev–Trinajstić information content (AvgIpc) is 2.05. The van der Waals surface area contributed by atoms with Crippen LogP contribution in [0.3, 0.4) is 0 Å². The van der Waals surface area contributed by atoms with E-state index in [4.69, 9.17) is 0 Å². The highest BCUT2D eigenvalue weighted by molar-refractivity contribution is 7.99. The zero-order valence-electron chi connectivity index (χ0n) is 6.47. The second-order valence-corrected chi connectivity index (χ2v) is 4.13. The maximum Gasteiger partial charge on any atom is 0.164 e. The third-order valence-electron chi connectivity index (χ3n) is 1.46. The Morgan fingerprint density at radius 1 is 1.25 bits per heavy atom. The molecule has 3 heteroatoms. The van der Waals surface area contributed by atoms with Crippen molar-refractivity contribution < 1.29 is 4.79 Å². The summed E-state index contributed by atoms with van der Waals surface area (Å²) in [4.78, 5) is 11.4. The van der Waals surface area contributed by atoms with Gasteiger partial charge in [-0.05, 0) is 0 Å². The van der Waals surface area contributed by atoms with Crippen molar-refractivity contribution in [2.45, 2.75) is 11.0 Å². The largest absolute Gasteiger partial charge is 0.294 e. The summed E-state index contributed by atoms with van der Waals surface area (Å²) < 4.78 is -0.169. The predicted octanol–water partition coefficient (Wildman–Crippen LogP) is 2.45. The molecule has 1 aromatic carbocycles. The van der Waals surface area contributed by atoms with Gasteiger partial charge in [0.25, 0.3) is 0 Å². The molecule has 0 saturated carbocycles. The van der Waals surface area contributed by atoms with Gasteiger partial charge in [-0.3, -0.25) is 4.79 Å². The lowest BCUT2D eigenvalue weighted by Gasteiger charge is -2.01. The van der Waals surface area contributed by atoms with E-state index < -0.39 is 0 Å². The molecule has 0 aliphatic rings. The van der Waals surface area contributed by atoms with Crippen LogP contribution in [0.4, 0.5) is 0 Å². The lowest BCUT2D eigenvalue weighted by molar-refractivity contribution is 0.0988. The fraction of sp³-hybridized carbons (Fsp3) is 0.222. The molecule has 12 heavy (non-hydrogen) atoms. The number of rotatable bonds is 3. The summed E-state index contributed by atoms with van der Waals surface area (Å²) in [5.41, 5.74) is 0.727. The normalized spacial score (nSPS) is 10.2. The van der Waals surface area contributed by atoms with E-state index in [1.165, 1.54) is 0 Å². The van der Waals surface area contributed by atoms with Crippen molar-refractivity contribution in [2.24, 2.45) is 0 Å². The van der Waals surface area contributed by atoms with Crippen molar-refractivity contribution in [3.05, 3.63) is 35.9 Å². The molecular weight excluding hydrogens is 188 g/mol. The second kappa shape index (κ2) is 4.58. The highest BCUT2D eigenvalue weighted by atomic mass is 32.2. The van der Waals surface area contributed by atoms with E-state index in [0.29, 0.717) is 6.42 Å². The highest BCUT2D eigenvalue weighted by Crippen LogP contribution is 2.11. The first-order valence-corrected chi connectivity index (χ1v) is 4.68. The lowest BCUT2D eigenvalue weighted by Crippen LogP contribution is -2.03. The Labute approximate surface area is 83.0 Å². The molecule has 64 valence electrons. The van der Waals surface area contributed by atoms with Gasteiger partial charge in [-0.25, -0.2) is 0 Å². The maximum atomic E-state index is 11.4. The molecule has 1 nitrogen and oxygen atoms in total. The van der Waals surface area contributed by atoms with Crippen molar-refractivity contribution in [1.29, 1.82) is 0 Å². The van der Waals surface area contributed by atoms with Crippen molar-refractivity contribution in [1.82, 2.24) is 0 Å². The van der Waals surface area contributed by atoms with Gasteiger partial charge in [0.05, 0.1) is 4.58 Å². The number of Topliss-reactive ketones (excluding diaryl/α,β-unsaturated/α-hetero) is 1. The number of ketones is 1. The summed E-state index contributed by atoms with van der Waals surface area (Å²) in [6.07, 6.45) is 0.371. The van der Waals surface area contributed by atoms with Crippen molar-refractivity contribution >= 4 is 31.0 Å². The molecule has 0 unspecified atom stereocenters. The molecule has 1 rings (SSSR count). The summed E-state index contributed by atoms with van der Waals surface area (Å²) in [6.45, 7) is 0. The monoisotopic (exact) mass is 198 g/mol. The first-order valence-electron chi connectivity index (χ1n) is 3.64. The van der Waals surface area contributed by atoms with Crippen LogP contribution in [-0.2, 0) is 0 Å². The minimum atomic E-state index is -0.169. The van der Waals surface area contributed by atoms with Crippen LogP contribution in [0.2, 0.25) is 0 Å². The Morgan fingerprint density at radius 3 is 2.33 bits per heavy atom. The van der Waals surface area contributed by atoms with Crippen LogP contribution < -0.4 is 0 Å². The van der Waals surface area contributed by atoms with Gasteiger partial charge in [0.1, 0.15) is 0 Å². The molecule has 0 saturated heterocycles. The summed E-state index contributed by atoms with van der Waals surface area (Å²) in [5, 5.41) is 0. The van der Waals surface area contributed by atoms with Crippen molar-refractivity contribution in [3.8, 4) is 0 Å². The molecule has 0 N–H and O–H groups in total. The Morgan fingerprint density at radius 2 is 1.83 bits per heavy atom. The van der Waals surface area contributed by atoms with Gasteiger partial charge >= 0.3 is 0 Å². The smallest absolute Gasteiger partial charge is 0.164 e. The van der Waals surface area contributed by atoms with Gasteiger partial charge in [-0.2, -0.15) is 25.3 Å². The quantitative estimate of drug-likeness (QED) is 0.433. The van der Waals surface area contributed by atoms with E-state index in [-0.39, 0.29) is 10.4 Å². The second-order valence-electron chi connectivity index (χ2n) is 2.47. The van der Waals surface area contributed by atoms with E-state index >= 15 is 0 Å². The number of carbonyl (C=O) groups excluding carboxylic acids is 1. The predicted molar refractivity (Wildman–Crippen MR) is 57.1 cm³/mol. The first kappa shape index (κ1) is 9.68. The summed E-state index contributed by atoms with van der Waals surface area (Å²) in [5.74, 6) is 0.0885. The van der Waals surface area contributed by atoms with Crippen LogP contribution in [0.15, 0.2) is 30.3 Å². The van der Waals surface area contributed by atoms with E-state index in [1.54, 1.807) is 12.1 Å². The summed E-state index contributed by atoms with van der Waals surface area (Å²) in [7, 11) is 0. The fourth-order valence-corrected chi connectivity index (χ4v) is 1.24. The summed E-state index contributed by atoms with van der Waals surface area (Å²) >= 11 is 8.06.